The third-order valence-corrected chi connectivity index (χ3v) is 3.35. The Kier molecular flexibility index (Phi) is 3.64. The molecule has 0 saturated heterocycles. The highest BCUT2D eigenvalue weighted by Gasteiger charge is 2.10. The highest BCUT2D eigenvalue weighted by molar-refractivity contribution is 7.09. The fraction of sp³-hybridized carbons (Fsp3) is 0.308. The van der Waals surface area contributed by atoms with Gasteiger partial charge in [-0.2, -0.15) is 0 Å². The SMILES string of the molecule is COc1ccccc1NC(C)c1csc(C)n1. The number of thiazole rings is 1. The lowest BCUT2D eigenvalue weighted by atomic mass is 10.2. The molecule has 1 unspecified atom stereocenters. The number of methoxy groups -OCH3 is 1. The summed E-state index contributed by atoms with van der Waals surface area (Å²) in [6, 6.07) is 8.08. The number of ether oxygens (including phenoxy) is 1. The van der Waals surface area contributed by atoms with Crippen LogP contribution in [0.25, 0.3) is 0 Å². The summed E-state index contributed by atoms with van der Waals surface area (Å²) in [5.74, 6) is 0.853. The first kappa shape index (κ1) is 11.9. The van der Waals surface area contributed by atoms with E-state index in [0.717, 1.165) is 22.1 Å². The van der Waals surface area contributed by atoms with Gasteiger partial charge in [-0.3, -0.25) is 0 Å². The smallest absolute Gasteiger partial charge is 0.141 e. The highest BCUT2D eigenvalue weighted by Crippen LogP contribution is 2.27. The van der Waals surface area contributed by atoms with Crippen LogP contribution in [0.1, 0.15) is 23.7 Å². The average molecular weight is 248 g/mol. The van der Waals surface area contributed by atoms with E-state index in [1.807, 2.05) is 31.2 Å². The van der Waals surface area contributed by atoms with Crippen LogP contribution in [0.2, 0.25) is 0 Å². The minimum absolute atomic E-state index is 0.177. The molecule has 17 heavy (non-hydrogen) atoms. The highest BCUT2D eigenvalue weighted by atomic mass is 32.1. The van der Waals surface area contributed by atoms with E-state index in [0.29, 0.717) is 0 Å². The fourth-order valence-corrected chi connectivity index (χ4v) is 2.36. The standard InChI is InChI=1S/C13H16N2OS/c1-9(12-8-17-10(2)15-12)14-11-6-4-5-7-13(11)16-3/h4-9,14H,1-3H3. The Morgan fingerprint density at radius 3 is 2.76 bits per heavy atom. The van der Waals surface area contributed by atoms with Gasteiger partial charge in [0.05, 0.1) is 29.5 Å². The normalized spacial score (nSPS) is 12.2. The Morgan fingerprint density at radius 1 is 1.35 bits per heavy atom. The van der Waals surface area contributed by atoms with Crippen molar-refractivity contribution in [2.75, 3.05) is 12.4 Å². The molecular formula is C13H16N2OS. The number of hydrogen-bond donors (Lipinski definition) is 1. The zero-order valence-corrected chi connectivity index (χ0v) is 11.0. The number of rotatable bonds is 4. The van der Waals surface area contributed by atoms with E-state index < -0.39 is 0 Å². The second-order valence-corrected chi connectivity index (χ2v) is 4.92. The van der Waals surface area contributed by atoms with Crippen LogP contribution in [0, 0.1) is 6.92 Å². The van der Waals surface area contributed by atoms with Gasteiger partial charge in [0.1, 0.15) is 5.75 Å². The summed E-state index contributed by atoms with van der Waals surface area (Å²) in [6.45, 7) is 4.12. The van der Waals surface area contributed by atoms with E-state index in [9.17, 15) is 0 Å². The third kappa shape index (κ3) is 2.77. The topological polar surface area (TPSA) is 34.1 Å². The van der Waals surface area contributed by atoms with Crippen LogP contribution < -0.4 is 10.1 Å². The van der Waals surface area contributed by atoms with Crippen LogP contribution in [-0.2, 0) is 0 Å². The summed E-state index contributed by atoms with van der Waals surface area (Å²) in [5.41, 5.74) is 2.06. The van der Waals surface area contributed by atoms with Crippen molar-refractivity contribution in [3.63, 3.8) is 0 Å². The van der Waals surface area contributed by atoms with Gasteiger partial charge in [0.2, 0.25) is 0 Å². The molecule has 1 atom stereocenters. The van der Waals surface area contributed by atoms with Crippen molar-refractivity contribution in [3.05, 3.63) is 40.3 Å². The first-order valence-electron chi connectivity index (χ1n) is 5.52. The van der Waals surface area contributed by atoms with Crippen LogP contribution in [-0.4, -0.2) is 12.1 Å². The Hall–Kier alpha value is -1.55. The molecule has 0 amide bonds. The summed E-state index contributed by atoms with van der Waals surface area (Å²) in [4.78, 5) is 4.48. The predicted octanol–water partition coefficient (Wildman–Crippen LogP) is 3.63. The van der Waals surface area contributed by atoms with Gasteiger partial charge in [0.25, 0.3) is 0 Å². The zero-order chi connectivity index (χ0) is 12.3. The summed E-state index contributed by atoms with van der Waals surface area (Å²) >= 11 is 1.67. The number of hydrogen-bond acceptors (Lipinski definition) is 4. The molecule has 0 bridgehead atoms. The van der Waals surface area contributed by atoms with Crippen molar-refractivity contribution in [2.45, 2.75) is 19.9 Å². The van der Waals surface area contributed by atoms with E-state index in [4.69, 9.17) is 4.74 Å². The predicted molar refractivity (Wildman–Crippen MR) is 71.9 cm³/mol. The van der Waals surface area contributed by atoms with Crippen LogP contribution >= 0.6 is 11.3 Å². The van der Waals surface area contributed by atoms with Crippen molar-refractivity contribution >= 4 is 17.0 Å². The Morgan fingerprint density at radius 2 is 2.12 bits per heavy atom. The second kappa shape index (κ2) is 5.19. The third-order valence-electron chi connectivity index (χ3n) is 2.56. The number of aromatic nitrogens is 1. The monoisotopic (exact) mass is 248 g/mol. The summed E-state index contributed by atoms with van der Waals surface area (Å²) in [5, 5.41) is 6.59. The molecule has 2 rings (SSSR count). The van der Waals surface area contributed by atoms with E-state index in [2.05, 4.69) is 22.6 Å². The molecule has 3 nitrogen and oxygen atoms in total. The van der Waals surface area contributed by atoms with Crippen LogP contribution in [0.5, 0.6) is 5.75 Å². The van der Waals surface area contributed by atoms with Crippen LogP contribution in [0.3, 0.4) is 0 Å². The van der Waals surface area contributed by atoms with Crippen LogP contribution in [0.15, 0.2) is 29.6 Å². The number of anilines is 1. The quantitative estimate of drug-likeness (QED) is 0.897. The number of nitrogens with zero attached hydrogens (tertiary/aromatic N) is 1. The van der Waals surface area contributed by atoms with Gasteiger partial charge in [-0.05, 0) is 26.0 Å². The minimum Gasteiger partial charge on any atom is -0.495 e. The maximum Gasteiger partial charge on any atom is 0.141 e. The largest absolute Gasteiger partial charge is 0.495 e. The molecular weight excluding hydrogens is 232 g/mol. The second-order valence-electron chi connectivity index (χ2n) is 3.86. The lowest BCUT2D eigenvalue weighted by Crippen LogP contribution is -2.07. The Bertz CT molecular complexity index is 496. The van der Waals surface area contributed by atoms with Gasteiger partial charge in [-0.15, -0.1) is 11.3 Å². The van der Waals surface area contributed by atoms with E-state index in [1.165, 1.54) is 0 Å². The molecule has 0 radical (unpaired) electrons. The van der Waals surface area contributed by atoms with Crippen molar-refractivity contribution in [1.29, 1.82) is 0 Å². The molecule has 0 saturated carbocycles. The molecule has 4 heteroatoms. The van der Waals surface area contributed by atoms with Gasteiger partial charge in [0, 0.05) is 5.38 Å². The first-order valence-corrected chi connectivity index (χ1v) is 6.40. The molecule has 1 aromatic carbocycles. The lowest BCUT2D eigenvalue weighted by molar-refractivity contribution is 0.416. The van der Waals surface area contributed by atoms with Crippen LogP contribution in [0.4, 0.5) is 5.69 Å². The molecule has 0 fully saturated rings. The first-order chi connectivity index (χ1) is 8.20. The maximum absolute atomic E-state index is 5.31. The van der Waals surface area contributed by atoms with E-state index in [1.54, 1.807) is 18.4 Å². The molecule has 0 aliphatic heterocycles. The van der Waals surface area contributed by atoms with E-state index >= 15 is 0 Å². The molecule has 0 aliphatic rings. The molecule has 1 N–H and O–H groups in total. The van der Waals surface area contributed by atoms with Gasteiger partial charge < -0.3 is 10.1 Å². The average Bonchev–Trinajstić information content (AvgIpc) is 2.77. The molecule has 90 valence electrons. The van der Waals surface area contributed by atoms with E-state index in [-0.39, 0.29) is 6.04 Å². The van der Waals surface area contributed by atoms with Crippen molar-refractivity contribution in [2.24, 2.45) is 0 Å². The molecule has 1 aromatic heterocycles. The van der Waals surface area contributed by atoms with Gasteiger partial charge in [-0.1, -0.05) is 12.1 Å². The molecule has 0 aliphatic carbocycles. The number of benzene rings is 1. The van der Waals surface area contributed by atoms with Gasteiger partial charge in [-0.25, -0.2) is 4.98 Å². The minimum atomic E-state index is 0.177. The summed E-state index contributed by atoms with van der Waals surface area (Å²) in [6.07, 6.45) is 0. The fourth-order valence-electron chi connectivity index (χ4n) is 1.65. The zero-order valence-electron chi connectivity index (χ0n) is 10.2. The Labute approximate surface area is 105 Å². The van der Waals surface area contributed by atoms with Gasteiger partial charge >= 0.3 is 0 Å². The Balaban J connectivity index is 2.15. The van der Waals surface area contributed by atoms with Crippen molar-refractivity contribution in [3.8, 4) is 5.75 Å². The number of nitrogens with one attached hydrogen (secondary N) is 1. The van der Waals surface area contributed by atoms with Gasteiger partial charge in [0.15, 0.2) is 0 Å². The van der Waals surface area contributed by atoms with Crippen molar-refractivity contribution in [1.82, 2.24) is 4.98 Å². The molecule has 1 heterocycles. The van der Waals surface area contributed by atoms with Crippen molar-refractivity contribution < 1.29 is 4.74 Å². The summed E-state index contributed by atoms with van der Waals surface area (Å²) < 4.78 is 5.31. The molecule has 2 aromatic rings. The lowest BCUT2D eigenvalue weighted by Gasteiger charge is -2.15. The maximum atomic E-state index is 5.31. The molecule has 0 spiro atoms. The summed E-state index contributed by atoms with van der Waals surface area (Å²) in [7, 11) is 1.68. The number of para-hydroxylation sites is 2. The number of aryl methyl sites for hydroxylation is 1.